The molecule has 0 unspecified atom stereocenters. The van der Waals surface area contributed by atoms with E-state index in [4.69, 9.17) is 23.2 Å². The molecule has 2 amide bonds. The van der Waals surface area contributed by atoms with E-state index in [1.807, 2.05) is 0 Å². The standard InChI is InChI=1S/C15H12Cl2N2O3/c1-8-6-10(20)3-5-13(8)19-15(22)14(21)18-9-2-4-11(16)12(17)7-9/h2-7,20H,1H3,(H,18,21)(H,19,22). The summed E-state index contributed by atoms with van der Waals surface area (Å²) in [4.78, 5) is 23.7. The molecular formula is C15H12Cl2N2O3. The molecule has 0 atom stereocenters. The van der Waals surface area contributed by atoms with Crippen LogP contribution < -0.4 is 10.6 Å². The maximum Gasteiger partial charge on any atom is 0.314 e. The molecular weight excluding hydrogens is 327 g/mol. The maximum absolute atomic E-state index is 11.9. The summed E-state index contributed by atoms with van der Waals surface area (Å²) in [6.45, 7) is 1.70. The lowest BCUT2D eigenvalue weighted by Crippen LogP contribution is -2.29. The molecule has 2 aromatic rings. The molecule has 0 saturated carbocycles. The Morgan fingerprint density at radius 1 is 0.955 bits per heavy atom. The lowest BCUT2D eigenvalue weighted by Gasteiger charge is -2.09. The monoisotopic (exact) mass is 338 g/mol. The Bertz CT molecular complexity index is 748. The van der Waals surface area contributed by atoms with Crippen molar-refractivity contribution in [3.63, 3.8) is 0 Å². The predicted octanol–water partition coefficient (Wildman–Crippen LogP) is 3.58. The number of aryl methyl sites for hydroxylation is 1. The van der Waals surface area contributed by atoms with Crippen LogP contribution in [0.15, 0.2) is 36.4 Å². The highest BCUT2D eigenvalue weighted by Crippen LogP contribution is 2.25. The van der Waals surface area contributed by atoms with Crippen LogP contribution in [0.1, 0.15) is 5.56 Å². The van der Waals surface area contributed by atoms with Gasteiger partial charge in [-0.15, -0.1) is 0 Å². The van der Waals surface area contributed by atoms with E-state index in [1.165, 1.54) is 36.4 Å². The fourth-order valence-electron chi connectivity index (χ4n) is 1.73. The fourth-order valence-corrected chi connectivity index (χ4v) is 2.03. The van der Waals surface area contributed by atoms with Crippen LogP contribution in [0.5, 0.6) is 5.75 Å². The zero-order valence-corrected chi connectivity index (χ0v) is 13.0. The Kier molecular flexibility index (Phi) is 4.90. The van der Waals surface area contributed by atoms with Gasteiger partial charge in [0.1, 0.15) is 5.75 Å². The van der Waals surface area contributed by atoms with E-state index in [9.17, 15) is 14.7 Å². The molecule has 114 valence electrons. The Morgan fingerprint density at radius 3 is 2.27 bits per heavy atom. The van der Waals surface area contributed by atoms with Crippen LogP contribution in [-0.2, 0) is 9.59 Å². The van der Waals surface area contributed by atoms with Crippen molar-refractivity contribution in [2.24, 2.45) is 0 Å². The van der Waals surface area contributed by atoms with Gasteiger partial charge in [-0.05, 0) is 48.9 Å². The highest BCUT2D eigenvalue weighted by atomic mass is 35.5. The smallest absolute Gasteiger partial charge is 0.314 e. The van der Waals surface area contributed by atoms with Gasteiger partial charge < -0.3 is 15.7 Å². The highest BCUT2D eigenvalue weighted by molar-refractivity contribution is 6.44. The van der Waals surface area contributed by atoms with Gasteiger partial charge >= 0.3 is 11.8 Å². The summed E-state index contributed by atoms with van der Waals surface area (Å²) in [6.07, 6.45) is 0. The summed E-state index contributed by atoms with van der Waals surface area (Å²) in [5, 5.41) is 14.8. The summed E-state index contributed by atoms with van der Waals surface area (Å²) >= 11 is 11.6. The van der Waals surface area contributed by atoms with Crippen LogP contribution in [-0.4, -0.2) is 16.9 Å². The highest BCUT2D eigenvalue weighted by Gasteiger charge is 2.15. The second-order valence-electron chi connectivity index (χ2n) is 4.54. The van der Waals surface area contributed by atoms with Crippen molar-refractivity contribution in [1.82, 2.24) is 0 Å². The molecule has 0 aliphatic carbocycles. The molecule has 2 rings (SSSR count). The number of carbonyl (C=O) groups is 2. The summed E-state index contributed by atoms with van der Waals surface area (Å²) in [5.74, 6) is -1.60. The molecule has 5 nitrogen and oxygen atoms in total. The number of aromatic hydroxyl groups is 1. The number of amides is 2. The van der Waals surface area contributed by atoms with Crippen molar-refractivity contribution in [3.8, 4) is 5.75 Å². The molecule has 0 bridgehead atoms. The molecule has 22 heavy (non-hydrogen) atoms. The summed E-state index contributed by atoms with van der Waals surface area (Å²) in [6, 6.07) is 8.90. The van der Waals surface area contributed by atoms with Gasteiger partial charge in [0.05, 0.1) is 10.0 Å². The van der Waals surface area contributed by atoms with Crippen molar-refractivity contribution >= 4 is 46.4 Å². The van der Waals surface area contributed by atoms with Crippen molar-refractivity contribution in [2.75, 3.05) is 10.6 Å². The molecule has 7 heteroatoms. The number of rotatable bonds is 2. The molecule has 0 aromatic heterocycles. The Morgan fingerprint density at radius 2 is 1.64 bits per heavy atom. The van der Waals surface area contributed by atoms with Crippen LogP contribution in [0.4, 0.5) is 11.4 Å². The number of nitrogens with one attached hydrogen (secondary N) is 2. The van der Waals surface area contributed by atoms with Crippen LogP contribution in [0.3, 0.4) is 0 Å². The van der Waals surface area contributed by atoms with E-state index in [1.54, 1.807) is 6.92 Å². The number of carbonyl (C=O) groups excluding carboxylic acids is 2. The van der Waals surface area contributed by atoms with Gasteiger partial charge in [-0.3, -0.25) is 9.59 Å². The van der Waals surface area contributed by atoms with Crippen LogP contribution >= 0.6 is 23.2 Å². The third-order valence-electron chi connectivity index (χ3n) is 2.84. The first-order chi connectivity index (χ1) is 10.4. The van der Waals surface area contributed by atoms with Crippen LogP contribution in [0, 0.1) is 6.92 Å². The first-order valence-electron chi connectivity index (χ1n) is 6.24. The van der Waals surface area contributed by atoms with Crippen LogP contribution in [0.2, 0.25) is 10.0 Å². The Balaban J connectivity index is 2.05. The number of halogens is 2. The number of hydrogen-bond acceptors (Lipinski definition) is 3. The number of hydrogen-bond donors (Lipinski definition) is 3. The minimum absolute atomic E-state index is 0.0794. The van der Waals surface area contributed by atoms with Crippen molar-refractivity contribution in [2.45, 2.75) is 6.92 Å². The summed E-state index contributed by atoms with van der Waals surface area (Å²) in [7, 11) is 0. The first kappa shape index (κ1) is 16.1. The van der Waals surface area contributed by atoms with Gasteiger partial charge in [0, 0.05) is 11.4 Å². The average Bonchev–Trinajstić information content (AvgIpc) is 2.45. The van der Waals surface area contributed by atoms with E-state index in [0.29, 0.717) is 22.0 Å². The Labute approximate surface area is 136 Å². The van der Waals surface area contributed by atoms with Crippen molar-refractivity contribution in [3.05, 3.63) is 52.0 Å². The van der Waals surface area contributed by atoms with Gasteiger partial charge in [0.2, 0.25) is 0 Å². The van der Waals surface area contributed by atoms with E-state index >= 15 is 0 Å². The van der Waals surface area contributed by atoms with Gasteiger partial charge in [0.25, 0.3) is 0 Å². The number of phenolic OH excluding ortho intramolecular Hbond substituents is 1. The van der Waals surface area contributed by atoms with Crippen molar-refractivity contribution < 1.29 is 14.7 Å². The minimum Gasteiger partial charge on any atom is -0.508 e. The topological polar surface area (TPSA) is 78.4 Å². The zero-order chi connectivity index (χ0) is 16.3. The van der Waals surface area contributed by atoms with Gasteiger partial charge in [0.15, 0.2) is 0 Å². The zero-order valence-electron chi connectivity index (χ0n) is 11.5. The predicted molar refractivity (Wildman–Crippen MR) is 86.6 cm³/mol. The normalized spacial score (nSPS) is 10.1. The molecule has 0 heterocycles. The van der Waals surface area contributed by atoms with Crippen LogP contribution in [0.25, 0.3) is 0 Å². The minimum atomic E-state index is -0.842. The fraction of sp³-hybridized carbons (Fsp3) is 0.0667. The lowest BCUT2D eigenvalue weighted by molar-refractivity contribution is -0.133. The molecule has 0 radical (unpaired) electrons. The second kappa shape index (κ2) is 6.68. The molecule has 2 aromatic carbocycles. The van der Waals surface area contributed by atoms with E-state index in [-0.39, 0.29) is 10.8 Å². The van der Waals surface area contributed by atoms with Gasteiger partial charge in [-0.25, -0.2) is 0 Å². The van der Waals surface area contributed by atoms with E-state index in [2.05, 4.69) is 10.6 Å². The maximum atomic E-state index is 11.9. The molecule has 0 spiro atoms. The SMILES string of the molecule is Cc1cc(O)ccc1NC(=O)C(=O)Nc1ccc(Cl)c(Cl)c1. The quantitative estimate of drug-likeness (QED) is 0.578. The molecule has 3 N–H and O–H groups in total. The van der Waals surface area contributed by atoms with Crippen molar-refractivity contribution in [1.29, 1.82) is 0 Å². The van der Waals surface area contributed by atoms with E-state index < -0.39 is 11.8 Å². The van der Waals surface area contributed by atoms with E-state index in [0.717, 1.165) is 0 Å². The molecule has 0 aliphatic rings. The average molecular weight is 339 g/mol. The largest absolute Gasteiger partial charge is 0.508 e. The first-order valence-corrected chi connectivity index (χ1v) is 6.99. The third kappa shape index (κ3) is 3.90. The second-order valence-corrected chi connectivity index (χ2v) is 5.35. The Hall–Kier alpha value is -2.24. The number of anilines is 2. The number of benzene rings is 2. The molecule has 0 aliphatic heterocycles. The lowest BCUT2D eigenvalue weighted by atomic mass is 10.2. The third-order valence-corrected chi connectivity index (χ3v) is 3.58. The molecule has 0 saturated heterocycles. The van der Waals surface area contributed by atoms with Gasteiger partial charge in [-0.1, -0.05) is 23.2 Å². The summed E-state index contributed by atoms with van der Waals surface area (Å²) in [5.41, 5.74) is 1.43. The van der Waals surface area contributed by atoms with Gasteiger partial charge in [-0.2, -0.15) is 0 Å². The number of phenols is 1. The summed E-state index contributed by atoms with van der Waals surface area (Å²) < 4.78 is 0. The molecule has 0 fully saturated rings.